The molecule has 2 N–H and O–H groups in total. The number of hydrogen-bond acceptors (Lipinski definition) is 5. The van der Waals surface area contributed by atoms with Crippen LogP contribution in [0.5, 0.6) is 0 Å². The standard InChI is InChI=1S/C12H11N3O3S/c16-10-2-1-7(5-13-10)11(17)15-12-14-8-3-4-18-6-9(8)19-12/h1-2,5H,3-4,6H2,(H,13,16)(H,14,15,17). The molecule has 0 bridgehead atoms. The lowest BCUT2D eigenvalue weighted by molar-refractivity contribution is 0.102. The van der Waals surface area contributed by atoms with Crippen LogP contribution in [0.4, 0.5) is 5.13 Å². The molecule has 1 amide bonds. The average molecular weight is 277 g/mol. The van der Waals surface area contributed by atoms with E-state index in [1.54, 1.807) is 0 Å². The second-order valence-electron chi connectivity index (χ2n) is 4.09. The van der Waals surface area contributed by atoms with Gasteiger partial charge in [0.05, 0.1) is 29.3 Å². The lowest BCUT2D eigenvalue weighted by Gasteiger charge is -2.08. The maximum atomic E-state index is 11.9. The SMILES string of the molecule is O=C(Nc1nc2c(s1)COCC2)c1ccc(=O)[nH]c1. The largest absolute Gasteiger partial charge is 0.375 e. The summed E-state index contributed by atoms with van der Waals surface area (Å²) in [6.45, 7) is 1.23. The number of fused-ring (bicyclic) bond motifs is 1. The Morgan fingerprint density at radius 3 is 3.11 bits per heavy atom. The van der Waals surface area contributed by atoms with Crippen LogP contribution in [0.15, 0.2) is 23.1 Å². The highest BCUT2D eigenvalue weighted by Crippen LogP contribution is 2.27. The molecule has 0 fully saturated rings. The number of aromatic nitrogens is 2. The van der Waals surface area contributed by atoms with Crippen LogP contribution in [-0.4, -0.2) is 22.5 Å². The number of carbonyl (C=O) groups is 1. The van der Waals surface area contributed by atoms with Gasteiger partial charge >= 0.3 is 0 Å². The Kier molecular flexibility index (Phi) is 3.14. The maximum absolute atomic E-state index is 11.9. The Bertz CT molecular complexity index is 633. The predicted octanol–water partition coefficient (Wildman–Crippen LogP) is 1.16. The van der Waals surface area contributed by atoms with E-state index >= 15 is 0 Å². The van der Waals surface area contributed by atoms with Gasteiger partial charge in [-0.3, -0.25) is 14.9 Å². The van der Waals surface area contributed by atoms with Crippen molar-refractivity contribution in [1.82, 2.24) is 9.97 Å². The van der Waals surface area contributed by atoms with Crippen LogP contribution < -0.4 is 10.9 Å². The number of rotatable bonds is 2. The fourth-order valence-electron chi connectivity index (χ4n) is 1.80. The minimum atomic E-state index is -0.289. The molecule has 3 rings (SSSR count). The summed E-state index contributed by atoms with van der Waals surface area (Å²) in [5, 5.41) is 3.29. The fourth-order valence-corrected chi connectivity index (χ4v) is 2.74. The molecule has 0 aromatic carbocycles. The molecule has 0 aliphatic carbocycles. The van der Waals surface area contributed by atoms with Crippen molar-refractivity contribution < 1.29 is 9.53 Å². The molecule has 2 aromatic rings. The first-order valence-corrected chi connectivity index (χ1v) is 6.60. The highest BCUT2D eigenvalue weighted by atomic mass is 32.1. The quantitative estimate of drug-likeness (QED) is 0.862. The Labute approximate surface area is 112 Å². The van der Waals surface area contributed by atoms with Crippen LogP contribution in [0.2, 0.25) is 0 Å². The second kappa shape index (κ2) is 4.94. The van der Waals surface area contributed by atoms with E-state index in [1.165, 1.54) is 29.7 Å². The number of amides is 1. The highest BCUT2D eigenvalue weighted by Gasteiger charge is 2.17. The molecule has 19 heavy (non-hydrogen) atoms. The van der Waals surface area contributed by atoms with E-state index in [2.05, 4.69) is 15.3 Å². The van der Waals surface area contributed by atoms with E-state index in [-0.39, 0.29) is 11.5 Å². The summed E-state index contributed by atoms with van der Waals surface area (Å²) in [6.07, 6.45) is 2.16. The second-order valence-corrected chi connectivity index (χ2v) is 5.17. The van der Waals surface area contributed by atoms with Crippen molar-refractivity contribution in [3.63, 3.8) is 0 Å². The van der Waals surface area contributed by atoms with Gasteiger partial charge < -0.3 is 9.72 Å². The third-order valence-electron chi connectivity index (χ3n) is 2.76. The normalized spacial score (nSPS) is 13.9. The topological polar surface area (TPSA) is 84.1 Å². The number of hydrogen-bond donors (Lipinski definition) is 2. The van der Waals surface area contributed by atoms with E-state index in [4.69, 9.17) is 4.74 Å². The smallest absolute Gasteiger partial charge is 0.258 e. The Hall–Kier alpha value is -1.99. The molecule has 1 aliphatic heterocycles. The first kappa shape index (κ1) is 12.1. The third kappa shape index (κ3) is 2.56. The Morgan fingerprint density at radius 2 is 2.37 bits per heavy atom. The molecule has 98 valence electrons. The fraction of sp³-hybridized carbons (Fsp3) is 0.250. The number of carbonyl (C=O) groups excluding carboxylic acids is 1. The van der Waals surface area contributed by atoms with Crippen molar-refractivity contribution in [2.75, 3.05) is 11.9 Å². The van der Waals surface area contributed by atoms with Crippen molar-refractivity contribution in [3.05, 3.63) is 44.8 Å². The summed E-state index contributed by atoms with van der Waals surface area (Å²) in [5.74, 6) is -0.289. The van der Waals surface area contributed by atoms with Crippen LogP contribution in [-0.2, 0) is 17.8 Å². The number of anilines is 1. The van der Waals surface area contributed by atoms with E-state index in [1.807, 2.05) is 0 Å². The van der Waals surface area contributed by atoms with Crippen molar-refractivity contribution in [2.45, 2.75) is 13.0 Å². The van der Waals surface area contributed by atoms with Crippen molar-refractivity contribution in [1.29, 1.82) is 0 Å². The van der Waals surface area contributed by atoms with E-state index in [9.17, 15) is 9.59 Å². The zero-order valence-electron chi connectivity index (χ0n) is 9.93. The lowest BCUT2D eigenvalue weighted by Crippen LogP contribution is -2.14. The van der Waals surface area contributed by atoms with Gasteiger partial charge in [-0.15, -0.1) is 0 Å². The van der Waals surface area contributed by atoms with Gasteiger partial charge in [-0.25, -0.2) is 4.98 Å². The van der Waals surface area contributed by atoms with Crippen LogP contribution in [0.3, 0.4) is 0 Å². The monoisotopic (exact) mass is 277 g/mol. The van der Waals surface area contributed by atoms with E-state index in [0.29, 0.717) is 23.9 Å². The molecule has 0 saturated heterocycles. The number of H-pyrrole nitrogens is 1. The molecular formula is C12H11N3O3S. The van der Waals surface area contributed by atoms with Crippen LogP contribution in [0.1, 0.15) is 20.9 Å². The van der Waals surface area contributed by atoms with Crippen molar-refractivity contribution in [3.8, 4) is 0 Å². The van der Waals surface area contributed by atoms with Gasteiger partial charge in [0.15, 0.2) is 5.13 Å². The van der Waals surface area contributed by atoms with Gasteiger partial charge in [-0.05, 0) is 6.07 Å². The zero-order valence-corrected chi connectivity index (χ0v) is 10.8. The predicted molar refractivity (Wildman–Crippen MR) is 70.5 cm³/mol. The molecule has 6 nitrogen and oxygen atoms in total. The van der Waals surface area contributed by atoms with Gasteiger partial charge in [0.1, 0.15) is 0 Å². The third-order valence-corrected chi connectivity index (χ3v) is 3.75. The summed E-state index contributed by atoms with van der Waals surface area (Å²) in [5.41, 5.74) is 1.15. The first-order chi connectivity index (χ1) is 9.22. The lowest BCUT2D eigenvalue weighted by atomic mass is 10.2. The van der Waals surface area contributed by atoms with Gasteiger partial charge in [-0.2, -0.15) is 0 Å². The zero-order chi connectivity index (χ0) is 13.2. The van der Waals surface area contributed by atoms with Crippen molar-refractivity contribution in [2.24, 2.45) is 0 Å². The molecular weight excluding hydrogens is 266 g/mol. The molecule has 0 spiro atoms. The molecule has 0 saturated carbocycles. The minimum absolute atomic E-state index is 0.238. The van der Waals surface area contributed by atoms with Gasteiger partial charge in [-0.1, -0.05) is 11.3 Å². The van der Waals surface area contributed by atoms with Gasteiger partial charge in [0, 0.05) is 18.7 Å². The van der Waals surface area contributed by atoms with E-state index < -0.39 is 0 Å². The first-order valence-electron chi connectivity index (χ1n) is 5.79. The number of pyridine rings is 1. The molecule has 0 radical (unpaired) electrons. The number of nitrogens with zero attached hydrogens (tertiary/aromatic N) is 1. The molecule has 3 heterocycles. The van der Waals surface area contributed by atoms with Crippen molar-refractivity contribution >= 4 is 22.4 Å². The molecule has 0 atom stereocenters. The summed E-state index contributed by atoms with van der Waals surface area (Å²) in [4.78, 5) is 30.8. The number of aromatic amines is 1. The summed E-state index contributed by atoms with van der Waals surface area (Å²) in [6, 6.07) is 2.79. The maximum Gasteiger partial charge on any atom is 0.258 e. The van der Waals surface area contributed by atoms with Crippen LogP contribution in [0.25, 0.3) is 0 Å². The summed E-state index contributed by atoms with van der Waals surface area (Å²) >= 11 is 1.42. The summed E-state index contributed by atoms with van der Waals surface area (Å²) in [7, 11) is 0. The number of ether oxygens (including phenoxy) is 1. The highest BCUT2D eigenvalue weighted by molar-refractivity contribution is 7.15. The van der Waals surface area contributed by atoms with Gasteiger partial charge in [0.2, 0.25) is 5.56 Å². The van der Waals surface area contributed by atoms with Crippen LogP contribution >= 0.6 is 11.3 Å². The number of nitrogens with one attached hydrogen (secondary N) is 2. The molecule has 2 aromatic heterocycles. The molecule has 1 aliphatic rings. The minimum Gasteiger partial charge on any atom is -0.375 e. The molecule has 7 heteroatoms. The average Bonchev–Trinajstić information content (AvgIpc) is 2.81. The summed E-state index contributed by atoms with van der Waals surface area (Å²) < 4.78 is 5.33. The molecule has 0 unspecified atom stereocenters. The Morgan fingerprint density at radius 1 is 1.47 bits per heavy atom. The van der Waals surface area contributed by atoms with Gasteiger partial charge in [0.25, 0.3) is 5.91 Å². The van der Waals surface area contributed by atoms with E-state index in [0.717, 1.165) is 17.0 Å². The Balaban J connectivity index is 1.77. The number of thiazole rings is 1. The van der Waals surface area contributed by atoms with Crippen LogP contribution in [0, 0.1) is 0 Å².